The number of ether oxygens (including phenoxy) is 4. The van der Waals surface area contributed by atoms with E-state index in [9.17, 15) is 18.0 Å². The number of esters is 1. The Hall–Kier alpha value is -2.87. The van der Waals surface area contributed by atoms with Crippen LogP contribution >= 0.6 is 11.6 Å². The van der Waals surface area contributed by atoms with Gasteiger partial charge < -0.3 is 18.9 Å². The first-order valence-corrected chi connectivity index (χ1v) is 8.88. The van der Waals surface area contributed by atoms with Crippen LogP contribution in [0.1, 0.15) is 12.5 Å². The highest BCUT2D eigenvalue weighted by Crippen LogP contribution is 2.42. The molecule has 0 radical (unpaired) electrons. The lowest BCUT2D eigenvalue weighted by atomic mass is 10.0. The summed E-state index contributed by atoms with van der Waals surface area (Å²) in [5.74, 6) is -0.1000. The lowest BCUT2D eigenvalue weighted by Gasteiger charge is -2.28. The van der Waals surface area contributed by atoms with E-state index in [0.717, 1.165) is 13.2 Å². The summed E-state index contributed by atoms with van der Waals surface area (Å²) in [6.45, 7) is 2.36. The van der Waals surface area contributed by atoms with Crippen LogP contribution in [0.25, 0.3) is 6.08 Å². The van der Waals surface area contributed by atoms with Crippen molar-refractivity contribution in [1.82, 2.24) is 0 Å². The topological polar surface area (TPSA) is 54.0 Å². The molecule has 1 heterocycles. The maximum absolute atomic E-state index is 13.4. The number of rotatable bonds is 5. The van der Waals surface area contributed by atoms with Crippen molar-refractivity contribution in [1.29, 1.82) is 0 Å². The number of carbonyl (C=O) groups is 1. The average molecular weight is 429 g/mol. The standard InChI is InChI=1S/C20H16ClF3O5/c1-3-27-12-4-6-13(7-5-12)28-17-10-16-11(9-15(17)21)8-14(19(25)26-2)18(29-16)20(22,23)24/h4-10,18H,3H2,1-2H3. The molecule has 0 bridgehead atoms. The van der Waals surface area contributed by atoms with E-state index < -0.39 is 23.8 Å². The summed E-state index contributed by atoms with van der Waals surface area (Å²) in [6.07, 6.45) is -6.22. The second-order valence-electron chi connectivity index (χ2n) is 5.96. The van der Waals surface area contributed by atoms with E-state index in [-0.39, 0.29) is 22.1 Å². The second-order valence-corrected chi connectivity index (χ2v) is 6.36. The summed E-state index contributed by atoms with van der Waals surface area (Å²) >= 11 is 6.21. The van der Waals surface area contributed by atoms with Gasteiger partial charge in [0, 0.05) is 11.6 Å². The van der Waals surface area contributed by atoms with Gasteiger partial charge in [-0.15, -0.1) is 0 Å². The van der Waals surface area contributed by atoms with Gasteiger partial charge in [-0.1, -0.05) is 11.6 Å². The zero-order chi connectivity index (χ0) is 21.2. The first kappa shape index (κ1) is 20.9. The van der Waals surface area contributed by atoms with E-state index in [1.165, 1.54) is 12.1 Å². The van der Waals surface area contributed by atoms with Crippen LogP contribution in [0.5, 0.6) is 23.0 Å². The number of benzene rings is 2. The molecule has 1 aliphatic rings. The Kier molecular flexibility index (Phi) is 5.93. The molecule has 1 unspecified atom stereocenters. The molecule has 9 heteroatoms. The average Bonchev–Trinajstić information content (AvgIpc) is 2.68. The van der Waals surface area contributed by atoms with E-state index in [4.69, 9.17) is 25.8 Å². The van der Waals surface area contributed by atoms with Gasteiger partial charge in [0.1, 0.15) is 23.0 Å². The number of hydrogen-bond acceptors (Lipinski definition) is 5. The predicted octanol–water partition coefficient (Wildman–Crippen LogP) is 5.41. The molecule has 2 aromatic rings. The van der Waals surface area contributed by atoms with Crippen LogP contribution in [-0.4, -0.2) is 32.0 Å². The van der Waals surface area contributed by atoms with Crippen molar-refractivity contribution in [2.24, 2.45) is 0 Å². The molecule has 154 valence electrons. The minimum atomic E-state index is -4.81. The van der Waals surface area contributed by atoms with E-state index in [2.05, 4.69) is 4.74 Å². The Bertz CT molecular complexity index is 938. The largest absolute Gasteiger partial charge is 0.494 e. The number of alkyl halides is 3. The fourth-order valence-corrected chi connectivity index (χ4v) is 2.91. The maximum atomic E-state index is 13.4. The van der Waals surface area contributed by atoms with Crippen molar-refractivity contribution in [2.45, 2.75) is 19.2 Å². The lowest BCUT2D eigenvalue weighted by molar-refractivity contribution is -0.187. The van der Waals surface area contributed by atoms with Crippen molar-refractivity contribution in [3.8, 4) is 23.0 Å². The molecule has 0 saturated carbocycles. The van der Waals surface area contributed by atoms with Gasteiger partial charge in [0.05, 0.1) is 24.3 Å². The summed E-state index contributed by atoms with van der Waals surface area (Å²) in [6, 6.07) is 9.25. The van der Waals surface area contributed by atoms with Gasteiger partial charge in [-0.2, -0.15) is 13.2 Å². The fraction of sp³-hybridized carbons (Fsp3) is 0.250. The van der Waals surface area contributed by atoms with Gasteiger partial charge in [0.15, 0.2) is 0 Å². The number of hydrogen-bond donors (Lipinski definition) is 0. The van der Waals surface area contributed by atoms with Gasteiger partial charge in [-0.3, -0.25) is 0 Å². The summed E-state index contributed by atoms with van der Waals surface area (Å²) in [5, 5.41) is 0.132. The highest BCUT2D eigenvalue weighted by molar-refractivity contribution is 6.32. The van der Waals surface area contributed by atoms with Crippen LogP contribution in [0, 0.1) is 0 Å². The molecule has 0 amide bonds. The molecule has 3 rings (SSSR count). The van der Waals surface area contributed by atoms with Crippen molar-refractivity contribution < 1.29 is 36.9 Å². The molecule has 0 spiro atoms. The third-order valence-electron chi connectivity index (χ3n) is 3.98. The van der Waals surface area contributed by atoms with Gasteiger partial charge in [-0.05, 0) is 43.3 Å². The number of fused-ring (bicyclic) bond motifs is 1. The Morgan fingerprint density at radius 3 is 2.41 bits per heavy atom. The second kappa shape index (κ2) is 8.24. The molecule has 0 saturated heterocycles. The van der Waals surface area contributed by atoms with Crippen LogP contribution in [-0.2, 0) is 9.53 Å². The molecule has 0 N–H and O–H groups in total. The molecule has 1 aliphatic heterocycles. The normalized spacial score (nSPS) is 15.7. The molecule has 2 aromatic carbocycles. The molecule has 5 nitrogen and oxygen atoms in total. The third kappa shape index (κ3) is 4.59. The third-order valence-corrected chi connectivity index (χ3v) is 4.28. The lowest BCUT2D eigenvalue weighted by Crippen LogP contribution is -2.40. The van der Waals surface area contributed by atoms with Crippen molar-refractivity contribution in [3.63, 3.8) is 0 Å². The summed E-state index contributed by atoms with van der Waals surface area (Å²) < 4.78 is 60.6. The first-order valence-electron chi connectivity index (χ1n) is 8.50. The van der Waals surface area contributed by atoms with Crippen LogP contribution in [0.3, 0.4) is 0 Å². The summed E-state index contributed by atoms with van der Waals surface area (Å²) in [4.78, 5) is 11.8. The van der Waals surface area contributed by atoms with Crippen LogP contribution in [0.15, 0.2) is 42.0 Å². The summed E-state index contributed by atoms with van der Waals surface area (Å²) in [5.41, 5.74) is -0.460. The predicted molar refractivity (Wildman–Crippen MR) is 99.6 cm³/mol. The van der Waals surface area contributed by atoms with Crippen LogP contribution in [0.4, 0.5) is 13.2 Å². The van der Waals surface area contributed by atoms with E-state index >= 15 is 0 Å². The Morgan fingerprint density at radius 2 is 1.83 bits per heavy atom. The maximum Gasteiger partial charge on any atom is 0.430 e. The fourth-order valence-electron chi connectivity index (χ4n) is 2.70. The highest BCUT2D eigenvalue weighted by Gasteiger charge is 2.48. The SMILES string of the molecule is CCOc1ccc(Oc2cc3c(cc2Cl)C=C(C(=O)OC)C(C(F)(F)F)O3)cc1. The van der Waals surface area contributed by atoms with Crippen LogP contribution in [0.2, 0.25) is 5.02 Å². The molecule has 0 aromatic heterocycles. The van der Waals surface area contributed by atoms with E-state index in [0.29, 0.717) is 18.1 Å². The quantitative estimate of drug-likeness (QED) is 0.596. The van der Waals surface area contributed by atoms with Gasteiger partial charge in [-0.25, -0.2) is 4.79 Å². The zero-order valence-electron chi connectivity index (χ0n) is 15.4. The molecule has 29 heavy (non-hydrogen) atoms. The smallest absolute Gasteiger partial charge is 0.430 e. The van der Waals surface area contributed by atoms with Gasteiger partial charge in [0.2, 0.25) is 6.10 Å². The number of carbonyl (C=O) groups excluding carboxylic acids is 1. The highest BCUT2D eigenvalue weighted by atomic mass is 35.5. The van der Waals surface area contributed by atoms with Gasteiger partial charge in [0.25, 0.3) is 0 Å². The summed E-state index contributed by atoms with van der Waals surface area (Å²) in [7, 11) is 0.993. The molecule has 0 fully saturated rings. The Labute approximate surface area is 169 Å². The zero-order valence-corrected chi connectivity index (χ0v) is 16.1. The molecule has 1 atom stereocenters. The number of methoxy groups -OCH3 is 1. The minimum absolute atomic E-state index is 0.102. The first-order chi connectivity index (χ1) is 13.7. The van der Waals surface area contributed by atoms with E-state index in [1.807, 2.05) is 6.92 Å². The Morgan fingerprint density at radius 1 is 1.17 bits per heavy atom. The molecule has 0 aliphatic carbocycles. The van der Waals surface area contributed by atoms with Crippen molar-refractivity contribution in [2.75, 3.05) is 13.7 Å². The van der Waals surface area contributed by atoms with Gasteiger partial charge >= 0.3 is 12.1 Å². The minimum Gasteiger partial charge on any atom is -0.494 e. The molecular weight excluding hydrogens is 413 g/mol. The molecular formula is C20H16ClF3O5. The van der Waals surface area contributed by atoms with Crippen molar-refractivity contribution in [3.05, 3.63) is 52.6 Å². The van der Waals surface area contributed by atoms with Crippen LogP contribution < -0.4 is 14.2 Å². The number of halogens is 4. The van der Waals surface area contributed by atoms with E-state index in [1.54, 1.807) is 24.3 Å². The Balaban J connectivity index is 1.93. The monoisotopic (exact) mass is 428 g/mol. The van der Waals surface area contributed by atoms with Crippen molar-refractivity contribution >= 4 is 23.6 Å².